The average molecular weight is 280 g/mol. The summed E-state index contributed by atoms with van der Waals surface area (Å²) in [5.74, 6) is 0.608. The molecule has 19 heavy (non-hydrogen) atoms. The summed E-state index contributed by atoms with van der Waals surface area (Å²) in [6, 6.07) is 0. The monoisotopic (exact) mass is 280 g/mol. The molecule has 0 spiro atoms. The molecule has 0 aromatic carbocycles. The maximum Gasteiger partial charge on any atom is 0.226 e. The molecule has 1 aliphatic heterocycles. The molecule has 0 radical (unpaired) electrons. The zero-order valence-electron chi connectivity index (χ0n) is 12.1. The molecule has 2 rings (SSSR count). The van der Waals surface area contributed by atoms with Crippen LogP contribution >= 0.6 is 11.3 Å². The van der Waals surface area contributed by atoms with Crippen molar-refractivity contribution in [1.29, 1.82) is 0 Å². The van der Waals surface area contributed by atoms with Crippen LogP contribution in [-0.4, -0.2) is 19.0 Å². The van der Waals surface area contributed by atoms with E-state index in [0.717, 1.165) is 19.5 Å². The highest BCUT2D eigenvalue weighted by molar-refractivity contribution is 7.08. The predicted octanol–water partition coefficient (Wildman–Crippen LogP) is 2.70. The Hall–Kier alpha value is -0.870. The van der Waals surface area contributed by atoms with Gasteiger partial charge in [-0.15, -0.1) is 0 Å². The first-order chi connectivity index (χ1) is 9.01. The summed E-state index contributed by atoms with van der Waals surface area (Å²) in [5, 5.41) is 10.7. The summed E-state index contributed by atoms with van der Waals surface area (Å²) < 4.78 is 0. The van der Waals surface area contributed by atoms with Crippen molar-refractivity contribution in [1.82, 2.24) is 10.6 Å². The maximum absolute atomic E-state index is 12.4. The molecule has 1 atom stereocenters. The van der Waals surface area contributed by atoms with E-state index >= 15 is 0 Å². The number of amides is 1. The number of rotatable bonds is 4. The smallest absolute Gasteiger partial charge is 0.226 e. The second-order valence-electron chi connectivity index (χ2n) is 6.03. The van der Waals surface area contributed by atoms with Crippen LogP contribution in [0.1, 0.15) is 37.8 Å². The molecule has 1 unspecified atom stereocenters. The highest BCUT2D eigenvalue weighted by atomic mass is 32.1. The average Bonchev–Trinajstić information content (AvgIpc) is 2.82. The van der Waals surface area contributed by atoms with Gasteiger partial charge in [-0.05, 0) is 60.7 Å². The molecule has 1 amide bonds. The quantitative estimate of drug-likeness (QED) is 0.890. The summed E-state index contributed by atoms with van der Waals surface area (Å²) in [6.45, 7) is 8.92. The van der Waals surface area contributed by atoms with Crippen LogP contribution in [0.5, 0.6) is 0 Å². The molecule has 1 fully saturated rings. The van der Waals surface area contributed by atoms with E-state index in [1.54, 1.807) is 11.3 Å². The third-order valence-electron chi connectivity index (χ3n) is 4.30. The lowest BCUT2D eigenvalue weighted by molar-refractivity contribution is -0.132. The van der Waals surface area contributed by atoms with Gasteiger partial charge < -0.3 is 10.6 Å². The normalized spacial score (nSPS) is 20.3. The molecule has 1 aromatic heterocycles. The van der Waals surface area contributed by atoms with Gasteiger partial charge in [0.1, 0.15) is 0 Å². The van der Waals surface area contributed by atoms with Crippen molar-refractivity contribution in [2.45, 2.75) is 40.2 Å². The Bertz CT molecular complexity index is 433. The second-order valence-corrected chi connectivity index (χ2v) is 6.77. The summed E-state index contributed by atoms with van der Waals surface area (Å²) in [4.78, 5) is 12.4. The van der Waals surface area contributed by atoms with Crippen molar-refractivity contribution < 1.29 is 4.79 Å². The van der Waals surface area contributed by atoms with Crippen LogP contribution in [0.25, 0.3) is 0 Å². The number of hydrogen-bond acceptors (Lipinski definition) is 3. The molecule has 1 saturated heterocycles. The standard InChI is InChI=1S/C15H24N2OS/c1-11-9-19-10-12(11)7-17-14(18)15(2,3)13-5-4-6-16-8-13/h9-10,13,16H,4-8H2,1-3H3,(H,17,18). The molecule has 0 aliphatic carbocycles. The Balaban J connectivity index is 1.92. The first kappa shape index (κ1) is 14.5. The fourth-order valence-corrected chi connectivity index (χ4v) is 3.48. The lowest BCUT2D eigenvalue weighted by Gasteiger charge is -2.36. The lowest BCUT2D eigenvalue weighted by atomic mass is 9.74. The third-order valence-corrected chi connectivity index (χ3v) is 5.21. The van der Waals surface area contributed by atoms with E-state index < -0.39 is 0 Å². The lowest BCUT2D eigenvalue weighted by Crippen LogP contribution is -2.47. The second kappa shape index (κ2) is 6.06. The Morgan fingerprint density at radius 3 is 2.89 bits per heavy atom. The van der Waals surface area contributed by atoms with Crippen molar-refractivity contribution >= 4 is 17.2 Å². The number of thiophene rings is 1. The van der Waals surface area contributed by atoms with Gasteiger partial charge in [-0.1, -0.05) is 13.8 Å². The molecular weight excluding hydrogens is 256 g/mol. The number of hydrogen-bond donors (Lipinski definition) is 2. The molecule has 2 heterocycles. The van der Waals surface area contributed by atoms with Crippen molar-refractivity contribution in [2.24, 2.45) is 11.3 Å². The topological polar surface area (TPSA) is 41.1 Å². The summed E-state index contributed by atoms with van der Waals surface area (Å²) in [6.07, 6.45) is 2.32. The van der Waals surface area contributed by atoms with Gasteiger partial charge in [0.15, 0.2) is 0 Å². The third kappa shape index (κ3) is 3.37. The molecule has 0 bridgehead atoms. The fraction of sp³-hybridized carbons (Fsp3) is 0.667. The number of carbonyl (C=O) groups is 1. The number of carbonyl (C=O) groups excluding carboxylic acids is 1. The number of nitrogens with one attached hydrogen (secondary N) is 2. The van der Waals surface area contributed by atoms with Gasteiger partial charge in [-0.25, -0.2) is 0 Å². The van der Waals surface area contributed by atoms with Crippen LogP contribution in [0.15, 0.2) is 10.8 Å². The molecule has 106 valence electrons. The zero-order chi connectivity index (χ0) is 13.9. The van der Waals surface area contributed by atoms with E-state index in [4.69, 9.17) is 0 Å². The van der Waals surface area contributed by atoms with Crippen LogP contribution in [0.3, 0.4) is 0 Å². The largest absolute Gasteiger partial charge is 0.352 e. The van der Waals surface area contributed by atoms with Gasteiger partial charge in [-0.2, -0.15) is 11.3 Å². The molecule has 3 nitrogen and oxygen atoms in total. The van der Waals surface area contributed by atoms with Crippen LogP contribution in [0, 0.1) is 18.3 Å². The molecule has 1 aliphatic rings. The fourth-order valence-electron chi connectivity index (χ4n) is 2.62. The number of piperidine rings is 1. The van der Waals surface area contributed by atoms with E-state index in [9.17, 15) is 4.79 Å². The first-order valence-electron chi connectivity index (χ1n) is 7.02. The minimum atomic E-state index is -0.294. The van der Waals surface area contributed by atoms with E-state index in [0.29, 0.717) is 12.5 Å². The Morgan fingerprint density at radius 2 is 2.32 bits per heavy atom. The Morgan fingerprint density at radius 1 is 1.53 bits per heavy atom. The van der Waals surface area contributed by atoms with Gasteiger partial charge in [0.05, 0.1) is 0 Å². The minimum absolute atomic E-state index is 0.173. The minimum Gasteiger partial charge on any atom is -0.352 e. The van der Waals surface area contributed by atoms with E-state index in [-0.39, 0.29) is 11.3 Å². The molecule has 1 aromatic rings. The maximum atomic E-state index is 12.4. The van der Waals surface area contributed by atoms with Gasteiger partial charge >= 0.3 is 0 Å². The molecular formula is C15H24N2OS. The SMILES string of the molecule is Cc1cscc1CNC(=O)C(C)(C)C1CCCNC1. The van der Waals surface area contributed by atoms with Gasteiger partial charge in [0.2, 0.25) is 5.91 Å². The zero-order valence-corrected chi connectivity index (χ0v) is 12.9. The summed E-state index contributed by atoms with van der Waals surface area (Å²) in [7, 11) is 0. The van der Waals surface area contributed by atoms with Gasteiger partial charge in [0.25, 0.3) is 0 Å². The van der Waals surface area contributed by atoms with Gasteiger partial charge in [-0.3, -0.25) is 4.79 Å². The van der Waals surface area contributed by atoms with Gasteiger partial charge in [0, 0.05) is 12.0 Å². The summed E-state index contributed by atoms with van der Waals surface area (Å²) >= 11 is 1.69. The summed E-state index contributed by atoms with van der Waals surface area (Å²) in [5.41, 5.74) is 2.20. The Kier molecular flexibility index (Phi) is 4.63. The highest BCUT2D eigenvalue weighted by Crippen LogP contribution is 2.32. The van der Waals surface area contributed by atoms with Crippen LogP contribution < -0.4 is 10.6 Å². The first-order valence-corrected chi connectivity index (χ1v) is 7.97. The molecule has 0 saturated carbocycles. The molecule has 4 heteroatoms. The van der Waals surface area contributed by atoms with Crippen molar-refractivity contribution in [2.75, 3.05) is 13.1 Å². The van der Waals surface area contributed by atoms with Crippen LogP contribution in [0.4, 0.5) is 0 Å². The van der Waals surface area contributed by atoms with Crippen LogP contribution in [-0.2, 0) is 11.3 Å². The van der Waals surface area contributed by atoms with E-state index in [2.05, 4.69) is 42.2 Å². The van der Waals surface area contributed by atoms with E-state index in [1.165, 1.54) is 17.5 Å². The van der Waals surface area contributed by atoms with Crippen LogP contribution in [0.2, 0.25) is 0 Å². The van der Waals surface area contributed by atoms with Crippen molar-refractivity contribution in [3.8, 4) is 0 Å². The van der Waals surface area contributed by atoms with E-state index in [1.807, 2.05) is 0 Å². The predicted molar refractivity (Wildman–Crippen MR) is 80.3 cm³/mol. The highest BCUT2D eigenvalue weighted by Gasteiger charge is 2.37. The Labute approximate surface area is 119 Å². The van der Waals surface area contributed by atoms with Crippen molar-refractivity contribution in [3.05, 3.63) is 21.9 Å². The number of aryl methyl sites for hydroxylation is 1. The van der Waals surface area contributed by atoms with Crippen molar-refractivity contribution in [3.63, 3.8) is 0 Å². The molecule has 2 N–H and O–H groups in total.